The first-order valence-corrected chi connectivity index (χ1v) is 7.46. The number of hydrogen-bond acceptors (Lipinski definition) is 7. The molecule has 0 unspecified atom stereocenters. The topological polar surface area (TPSA) is 100 Å². The van der Waals surface area contributed by atoms with E-state index in [0.29, 0.717) is 11.9 Å². The van der Waals surface area contributed by atoms with Gasteiger partial charge in [-0.3, -0.25) is 0 Å². The standard InChI is InChI=1S/C14H26N6O/c1-13(2,14(3,4)21)19-11-16-10(15)17-12(18-11)20-8-6-5-7-9-20/h21H,5-9H2,1-4H3,(H3,15,16,17,18,19). The maximum absolute atomic E-state index is 10.2. The zero-order valence-corrected chi connectivity index (χ0v) is 13.3. The lowest BCUT2D eigenvalue weighted by Gasteiger charge is -2.38. The number of nitrogens with one attached hydrogen (secondary N) is 1. The molecule has 1 aromatic heterocycles. The molecule has 0 spiro atoms. The van der Waals surface area contributed by atoms with Crippen LogP contribution in [0.5, 0.6) is 0 Å². The summed E-state index contributed by atoms with van der Waals surface area (Å²) in [6.07, 6.45) is 3.53. The first-order chi connectivity index (χ1) is 9.69. The number of aromatic nitrogens is 3. The summed E-state index contributed by atoms with van der Waals surface area (Å²) < 4.78 is 0. The van der Waals surface area contributed by atoms with Crippen molar-refractivity contribution in [1.82, 2.24) is 15.0 Å². The van der Waals surface area contributed by atoms with E-state index in [4.69, 9.17) is 5.73 Å². The minimum absolute atomic E-state index is 0.194. The molecule has 0 radical (unpaired) electrons. The van der Waals surface area contributed by atoms with Crippen LogP contribution in [0.3, 0.4) is 0 Å². The average molecular weight is 294 g/mol. The number of rotatable bonds is 4. The van der Waals surface area contributed by atoms with Gasteiger partial charge in [0, 0.05) is 13.1 Å². The molecule has 1 aliphatic rings. The van der Waals surface area contributed by atoms with Crippen molar-refractivity contribution in [2.45, 2.75) is 58.1 Å². The van der Waals surface area contributed by atoms with Crippen LogP contribution < -0.4 is 16.0 Å². The van der Waals surface area contributed by atoms with Crippen LogP contribution in [0.4, 0.5) is 17.8 Å². The van der Waals surface area contributed by atoms with E-state index in [1.807, 2.05) is 13.8 Å². The van der Waals surface area contributed by atoms with E-state index in [9.17, 15) is 5.11 Å². The number of aliphatic hydroxyl groups is 1. The van der Waals surface area contributed by atoms with Crippen LogP contribution >= 0.6 is 0 Å². The Morgan fingerprint density at radius 2 is 1.67 bits per heavy atom. The molecule has 2 heterocycles. The number of anilines is 3. The van der Waals surface area contributed by atoms with Gasteiger partial charge in [0.25, 0.3) is 0 Å². The Balaban J connectivity index is 2.22. The minimum atomic E-state index is -0.931. The number of hydrogen-bond donors (Lipinski definition) is 3. The molecule has 0 bridgehead atoms. The van der Waals surface area contributed by atoms with Crippen molar-refractivity contribution in [1.29, 1.82) is 0 Å². The monoisotopic (exact) mass is 294 g/mol. The van der Waals surface area contributed by atoms with E-state index in [1.165, 1.54) is 6.42 Å². The molecular weight excluding hydrogens is 268 g/mol. The van der Waals surface area contributed by atoms with Gasteiger partial charge in [0.05, 0.1) is 11.1 Å². The Kier molecular flexibility index (Phi) is 4.22. The minimum Gasteiger partial charge on any atom is -0.388 e. The molecular formula is C14H26N6O. The molecule has 0 aromatic carbocycles. The third-order valence-electron chi connectivity index (χ3n) is 4.23. The average Bonchev–Trinajstić information content (AvgIpc) is 2.37. The molecule has 118 valence electrons. The number of piperidine rings is 1. The van der Waals surface area contributed by atoms with Gasteiger partial charge in [-0.15, -0.1) is 0 Å². The summed E-state index contributed by atoms with van der Waals surface area (Å²) in [6, 6.07) is 0. The smallest absolute Gasteiger partial charge is 0.231 e. The summed E-state index contributed by atoms with van der Waals surface area (Å²) in [5.74, 6) is 1.20. The van der Waals surface area contributed by atoms with Gasteiger partial charge in [-0.1, -0.05) is 0 Å². The quantitative estimate of drug-likeness (QED) is 0.771. The third kappa shape index (κ3) is 3.72. The van der Waals surface area contributed by atoms with Gasteiger partial charge in [-0.05, 0) is 47.0 Å². The lowest BCUT2D eigenvalue weighted by molar-refractivity contribution is 0.0237. The summed E-state index contributed by atoms with van der Waals surface area (Å²) in [7, 11) is 0. The summed E-state index contributed by atoms with van der Waals surface area (Å²) in [5.41, 5.74) is 4.27. The normalized spacial score (nSPS) is 16.9. The molecule has 2 rings (SSSR count). The van der Waals surface area contributed by atoms with Crippen LogP contribution in [0.25, 0.3) is 0 Å². The fourth-order valence-corrected chi connectivity index (χ4v) is 2.10. The lowest BCUT2D eigenvalue weighted by atomic mass is 9.86. The van der Waals surface area contributed by atoms with Crippen LogP contribution in [0, 0.1) is 0 Å². The highest BCUT2D eigenvalue weighted by Crippen LogP contribution is 2.25. The van der Waals surface area contributed by atoms with Gasteiger partial charge >= 0.3 is 0 Å². The van der Waals surface area contributed by atoms with E-state index in [2.05, 4.69) is 25.2 Å². The molecule has 1 saturated heterocycles. The second kappa shape index (κ2) is 5.63. The fraction of sp³-hybridized carbons (Fsp3) is 0.786. The largest absolute Gasteiger partial charge is 0.388 e. The zero-order chi connectivity index (χ0) is 15.7. The Bertz CT molecular complexity index is 491. The zero-order valence-electron chi connectivity index (χ0n) is 13.3. The lowest BCUT2D eigenvalue weighted by Crippen LogP contribution is -2.51. The Labute approximate surface area is 126 Å². The van der Waals surface area contributed by atoms with Crippen LogP contribution in [0.15, 0.2) is 0 Å². The first kappa shape index (κ1) is 15.8. The van der Waals surface area contributed by atoms with Crippen molar-refractivity contribution in [2.75, 3.05) is 29.0 Å². The molecule has 1 fully saturated rings. The molecule has 1 aromatic rings. The second-order valence-electron chi connectivity index (χ2n) is 6.67. The fourth-order valence-electron chi connectivity index (χ4n) is 2.10. The van der Waals surface area contributed by atoms with Gasteiger partial charge in [-0.25, -0.2) is 0 Å². The van der Waals surface area contributed by atoms with E-state index in [-0.39, 0.29) is 5.95 Å². The molecule has 7 heteroatoms. The van der Waals surface area contributed by atoms with E-state index >= 15 is 0 Å². The van der Waals surface area contributed by atoms with Gasteiger partial charge < -0.3 is 21.1 Å². The third-order valence-corrected chi connectivity index (χ3v) is 4.23. The maximum Gasteiger partial charge on any atom is 0.231 e. The van der Waals surface area contributed by atoms with Gasteiger partial charge in [0.15, 0.2) is 0 Å². The highest BCUT2D eigenvalue weighted by atomic mass is 16.3. The first-order valence-electron chi connectivity index (χ1n) is 7.46. The van der Waals surface area contributed by atoms with E-state index < -0.39 is 11.1 Å². The van der Waals surface area contributed by atoms with Crippen LogP contribution in [-0.2, 0) is 0 Å². The van der Waals surface area contributed by atoms with Crippen molar-refractivity contribution in [2.24, 2.45) is 0 Å². The Morgan fingerprint density at radius 3 is 2.24 bits per heavy atom. The highest BCUT2D eigenvalue weighted by molar-refractivity contribution is 5.43. The number of nitrogen functional groups attached to an aromatic ring is 1. The highest BCUT2D eigenvalue weighted by Gasteiger charge is 2.35. The molecule has 7 nitrogen and oxygen atoms in total. The molecule has 0 aliphatic carbocycles. The van der Waals surface area contributed by atoms with Crippen molar-refractivity contribution in [3.63, 3.8) is 0 Å². The number of nitrogens with zero attached hydrogens (tertiary/aromatic N) is 4. The summed E-state index contributed by atoms with van der Waals surface area (Å²) in [4.78, 5) is 14.9. The maximum atomic E-state index is 10.2. The van der Waals surface area contributed by atoms with E-state index in [0.717, 1.165) is 25.9 Å². The summed E-state index contributed by atoms with van der Waals surface area (Å²) >= 11 is 0. The molecule has 0 amide bonds. The number of nitrogens with two attached hydrogens (primary N) is 1. The summed E-state index contributed by atoms with van der Waals surface area (Å²) in [6.45, 7) is 9.17. The van der Waals surface area contributed by atoms with Crippen molar-refractivity contribution in [3.05, 3.63) is 0 Å². The van der Waals surface area contributed by atoms with Crippen LogP contribution in [-0.4, -0.2) is 44.3 Å². The second-order valence-corrected chi connectivity index (χ2v) is 6.67. The molecule has 1 aliphatic heterocycles. The molecule has 21 heavy (non-hydrogen) atoms. The van der Waals surface area contributed by atoms with Gasteiger partial charge in [0.1, 0.15) is 0 Å². The molecule has 4 N–H and O–H groups in total. The molecule has 0 atom stereocenters. The van der Waals surface area contributed by atoms with Crippen molar-refractivity contribution >= 4 is 17.8 Å². The summed E-state index contributed by atoms with van der Waals surface area (Å²) in [5, 5.41) is 13.4. The van der Waals surface area contributed by atoms with Gasteiger partial charge in [0.2, 0.25) is 17.8 Å². The predicted molar refractivity (Wildman–Crippen MR) is 84.3 cm³/mol. The van der Waals surface area contributed by atoms with Crippen LogP contribution in [0.2, 0.25) is 0 Å². The van der Waals surface area contributed by atoms with Crippen molar-refractivity contribution < 1.29 is 5.11 Å². The SMILES string of the molecule is CC(C)(O)C(C)(C)Nc1nc(N)nc(N2CCCCC2)n1. The Hall–Kier alpha value is -1.63. The predicted octanol–water partition coefficient (Wildman–Crippen LogP) is 1.41. The Morgan fingerprint density at radius 1 is 1.05 bits per heavy atom. The van der Waals surface area contributed by atoms with Crippen molar-refractivity contribution in [3.8, 4) is 0 Å². The van der Waals surface area contributed by atoms with Gasteiger partial charge in [-0.2, -0.15) is 15.0 Å². The van der Waals surface area contributed by atoms with Crippen LogP contribution in [0.1, 0.15) is 47.0 Å². The van der Waals surface area contributed by atoms with E-state index in [1.54, 1.807) is 13.8 Å². The molecule has 0 saturated carbocycles.